The number of carbonyl (C=O) groups is 1. The summed E-state index contributed by atoms with van der Waals surface area (Å²) in [4.78, 5) is 17.1. The van der Waals surface area contributed by atoms with E-state index in [0.29, 0.717) is 11.4 Å². The molecule has 32 heavy (non-hydrogen) atoms. The van der Waals surface area contributed by atoms with Crippen LogP contribution in [0.25, 0.3) is 0 Å². The third kappa shape index (κ3) is 6.51. The summed E-state index contributed by atoms with van der Waals surface area (Å²) >= 11 is 3.07. The Morgan fingerprint density at radius 3 is 2.66 bits per heavy atom. The van der Waals surface area contributed by atoms with E-state index in [1.807, 2.05) is 24.3 Å². The summed E-state index contributed by atoms with van der Waals surface area (Å²) in [6.07, 6.45) is 1.18. The molecule has 2 aromatic carbocycles. The number of rotatable bonds is 8. The van der Waals surface area contributed by atoms with E-state index in [0.717, 1.165) is 5.56 Å². The molecule has 9 nitrogen and oxygen atoms in total. The molecular weight excluding hydrogens is 485 g/mol. The van der Waals surface area contributed by atoms with Crippen molar-refractivity contribution in [1.82, 2.24) is 10.3 Å². The lowest BCUT2D eigenvalue weighted by Crippen LogP contribution is -2.21. The number of nitrogens with one attached hydrogen (secondary N) is 2. The van der Waals surface area contributed by atoms with E-state index in [4.69, 9.17) is 9.68 Å². The van der Waals surface area contributed by atoms with Crippen molar-refractivity contribution in [2.75, 3.05) is 17.4 Å². The van der Waals surface area contributed by atoms with Crippen LogP contribution in [0.4, 0.5) is 15.9 Å². The topological polar surface area (TPSA) is 111 Å². The van der Waals surface area contributed by atoms with Gasteiger partial charge in [0, 0.05) is 0 Å². The molecule has 0 aliphatic heterocycles. The average molecular weight is 506 g/mol. The SMILES string of the molecule is CC(C)(C)c1ccc(OCC(=O)Nc2nonc2/C=N/ONc2ccc(F)c(Br)c2)cc1. The van der Waals surface area contributed by atoms with Crippen molar-refractivity contribution in [3.63, 3.8) is 0 Å². The highest BCUT2D eigenvalue weighted by Crippen LogP contribution is 2.24. The minimum atomic E-state index is -0.453. The molecule has 0 atom stereocenters. The van der Waals surface area contributed by atoms with Crippen LogP contribution in [-0.4, -0.2) is 29.0 Å². The maximum atomic E-state index is 13.2. The number of hydrogen-bond donors (Lipinski definition) is 2. The first-order chi connectivity index (χ1) is 15.2. The van der Waals surface area contributed by atoms with E-state index < -0.39 is 11.7 Å². The molecule has 3 rings (SSSR count). The van der Waals surface area contributed by atoms with Crippen LogP contribution in [0.3, 0.4) is 0 Å². The van der Waals surface area contributed by atoms with Gasteiger partial charge in [0.25, 0.3) is 5.91 Å². The third-order valence-electron chi connectivity index (χ3n) is 4.17. The van der Waals surface area contributed by atoms with Gasteiger partial charge >= 0.3 is 0 Å². The van der Waals surface area contributed by atoms with Crippen molar-refractivity contribution in [2.45, 2.75) is 26.2 Å². The van der Waals surface area contributed by atoms with Crippen molar-refractivity contribution in [1.29, 1.82) is 0 Å². The van der Waals surface area contributed by atoms with Gasteiger partial charge < -0.3 is 10.1 Å². The highest BCUT2D eigenvalue weighted by Gasteiger charge is 2.14. The molecular formula is C21H21BrFN5O4. The Bertz CT molecular complexity index is 1100. The van der Waals surface area contributed by atoms with E-state index in [-0.39, 0.29) is 28.0 Å². The van der Waals surface area contributed by atoms with E-state index in [1.54, 1.807) is 0 Å². The summed E-state index contributed by atoms with van der Waals surface area (Å²) in [5.41, 5.74) is 4.30. The smallest absolute Gasteiger partial charge is 0.263 e. The first kappa shape index (κ1) is 23.2. The molecule has 0 unspecified atom stereocenters. The van der Waals surface area contributed by atoms with Crippen molar-refractivity contribution in [3.05, 3.63) is 64.0 Å². The van der Waals surface area contributed by atoms with E-state index in [2.05, 4.69) is 67.6 Å². The van der Waals surface area contributed by atoms with E-state index in [1.165, 1.54) is 24.4 Å². The van der Waals surface area contributed by atoms with Crippen LogP contribution in [0, 0.1) is 5.82 Å². The van der Waals surface area contributed by atoms with Gasteiger partial charge in [-0.2, -0.15) is 5.48 Å². The van der Waals surface area contributed by atoms with Crippen LogP contribution in [0.15, 0.2) is 56.7 Å². The fourth-order valence-electron chi connectivity index (χ4n) is 2.45. The highest BCUT2D eigenvalue weighted by molar-refractivity contribution is 9.10. The largest absolute Gasteiger partial charge is 0.484 e. The lowest BCUT2D eigenvalue weighted by molar-refractivity contribution is -0.118. The Balaban J connectivity index is 1.48. The second-order valence-corrected chi connectivity index (χ2v) is 8.52. The molecule has 0 radical (unpaired) electrons. The van der Waals surface area contributed by atoms with Gasteiger partial charge in [-0.3, -0.25) is 9.73 Å². The van der Waals surface area contributed by atoms with Gasteiger partial charge in [-0.1, -0.05) is 38.1 Å². The Kier molecular flexibility index (Phi) is 7.41. The molecule has 0 bridgehead atoms. The number of benzene rings is 2. The zero-order valence-corrected chi connectivity index (χ0v) is 19.1. The number of hydrogen-bond acceptors (Lipinski definition) is 8. The van der Waals surface area contributed by atoms with E-state index >= 15 is 0 Å². The fraction of sp³-hybridized carbons (Fsp3) is 0.238. The van der Waals surface area contributed by atoms with Gasteiger partial charge in [0.15, 0.2) is 12.3 Å². The average Bonchev–Trinajstić information content (AvgIpc) is 3.18. The Hall–Kier alpha value is -3.47. The number of amides is 1. The van der Waals surface area contributed by atoms with Crippen LogP contribution in [-0.2, 0) is 15.1 Å². The highest BCUT2D eigenvalue weighted by atomic mass is 79.9. The van der Waals surface area contributed by atoms with Gasteiger partial charge in [-0.25, -0.2) is 9.02 Å². The Labute approximate surface area is 192 Å². The van der Waals surface area contributed by atoms with Crippen LogP contribution in [0.5, 0.6) is 5.75 Å². The standard InChI is InChI=1S/C21H21BrFN5O4/c1-21(2,3)13-4-7-15(8-5-13)30-12-19(29)25-20-18(27-32-28-20)11-24-31-26-14-6-9-17(23)16(22)10-14/h4-11,26H,12H2,1-3H3,(H,25,28,29)/b24-11+. The molecule has 0 aliphatic rings. The Morgan fingerprint density at radius 1 is 1.22 bits per heavy atom. The van der Waals surface area contributed by atoms with Crippen LogP contribution in [0.1, 0.15) is 32.0 Å². The number of oxime groups is 1. The zero-order valence-electron chi connectivity index (χ0n) is 17.6. The number of aromatic nitrogens is 2. The normalized spacial score (nSPS) is 11.4. The molecule has 1 aromatic heterocycles. The predicted molar refractivity (Wildman–Crippen MR) is 120 cm³/mol. The Morgan fingerprint density at radius 2 is 1.97 bits per heavy atom. The summed E-state index contributed by atoms with van der Waals surface area (Å²) in [5, 5.41) is 13.4. The van der Waals surface area contributed by atoms with Gasteiger partial charge in [0.2, 0.25) is 5.82 Å². The molecule has 1 amide bonds. The van der Waals surface area contributed by atoms with E-state index in [9.17, 15) is 9.18 Å². The summed E-state index contributed by atoms with van der Waals surface area (Å²) in [6, 6.07) is 11.8. The van der Waals surface area contributed by atoms with Crippen molar-refractivity contribution in [3.8, 4) is 5.75 Å². The van der Waals surface area contributed by atoms with Crippen LogP contribution in [0.2, 0.25) is 0 Å². The molecule has 0 fully saturated rings. The molecule has 0 spiro atoms. The maximum absolute atomic E-state index is 13.2. The van der Waals surface area contributed by atoms with Crippen LogP contribution >= 0.6 is 15.9 Å². The number of ether oxygens (including phenoxy) is 1. The molecule has 0 saturated heterocycles. The number of carbonyl (C=O) groups excluding carboxylic acids is 1. The van der Waals surface area contributed by atoms with Gasteiger partial charge in [-0.15, -0.1) is 0 Å². The molecule has 168 valence electrons. The van der Waals surface area contributed by atoms with Crippen molar-refractivity contribution < 1.29 is 23.5 Å². The number of anilines is 2. The third-order valence-corrected chi connectivity index (χ3v) is 4.78. The number of nitrogens with zero attached hydrogens (tertiary/aromatic N) is 3. The molecule has 2 N–H and O–H groups in total. The number of halogens is 2. The van der Waals surface area contributed by atoms with Crippen molar-refractivity contribution in [2.24, 2.45) is 5.16 Å². The van der Waals surface area contributed by atoms with Crippen LogP contribution < -0.4 is 15.5 Å². The molecule has 11 heteroatoms. The summed E-state index contributed by atoms with van der Waals surface area (Å²) in [6.45, 7) is 6.13. The first-order valence-corrected chi connectivity index (χ1v) is 10.3. The lowest BCUT2D eigenvalue weighted by Gasteiger charge is -2.19. The summed E-state index contributed by atoms with van der Waals surface area (Å²) in [7, 11) is 0. The summed E-state index contributed by atoms with van der Waals surface area (Å²) in [5.74, 6) is -0.233. The monoisotopic (exact) mass is 505 g/mol. The van der Waals surface area contributed by atoms with Gasteiger partial charge in [0.1, 0.15) is 17.8 Å². The van der Waals surface area contributed by atoms with Gasteiger partial charge in [0.05, 0.1) is 10.2 Å². The minimum Gasteiger partial charge on any atom is -0.484 e. The molecule has 1 heterocycles. The van der Waals surface area contributed by atoms with Gasteiger partial charge in [-0.05, 0) is 67.6 Å². The fourth-order valence-corrected chi connectivity index (χ4v) is 2.83. The molecule has 0 aliphatic carbocycles. The first-order valence-electron chi connectivity index (χ1n) is 9.48. The second-order valence-electron chi connectivity index (χ2n) is 7.67. The lowest BCUT2D eigenvalue weighted by atomic mass is 9.87. The molecule has 0 saturated carbocycles. The molecule has 3 aromatic rings. The second kappa shape index (κ2) is 10.2. The van der Waals surface area contributed by atoms with Crippen molar-refractivity contribution >= 4 is 39.6 Å². The zero-order chi connectivity index (χ0) is 23.1. The minimum absolute atomic E-state index is 0.0307. The summed E-state index contributed by atoms with van der Waals surface area (Å²) < 4.78 is 23.6. The maximum Gasteiger partial charge on any atom is 0.263 e. The quantitative estimate of drug-likeness (QED) is 0.338. The predicted octanol–water partition coefficient (Wildman–Crippen LogP) is 4.66.